The van der Waals surface area contributed by atoms with Gasteiger partial charge >= 0.3 is 5.97 Å². The average molecular weight is 242 g/mol. The maximum Gasteiger partial charge on any atom is 0.322 e. The minimum atomic E-state index is -0.473. The summed E-state index contributed by atoms with van der Waals surface area (Å²) in [4.78, 5) is 13.8. The molecule has 4 heteroatoms. The van der Waals surface area contributed by atoms with Gasteiger partial charge in [0.1, 0.15) is 6.04 Å². The van der Waals surface area contributed by atoms with Crippen LogP contribution in [-0.2, 0) is 9.53 Å². The van der Waals surface area contributed by atoms with E-state index in [4.69, 9.17) is 10.5 Å². The van der Waals surface area contributed by atoms with Crippen molar-refractivity contribution in [3.8, 4) is 0 Å². The molecule has 17 heavy (non-hydrogen) atoms. The molecule has 0 aromatic carbocycles. The highest BCUT2D eigenvalue weighted by Crippen LogP contribution is 2.21. The van der Waals surface area contributed by atoms with Gasteiger partial charge in [-0.3, -0.25) is 4.79 Å². The molecule has 4 nitrogen and oxygen atoms in total. The molecule has 0 amide bonds. The molecule has 1 fully saturated rings. The van der Waals surface area contributed by atoms with Crippen molar-refractivity contribution < 1.29 is 9.53 Å². The van der Waals surface area contributed by atoms with Gasteiger partial charge in [0.05, 0.1) is 6.61 Å². The van der Waals surface area contributed by atoms with E-state index < -0.39 is 6.04 Å². The molecule has 1 aliphatic heterocycles. The number of nitrogens with two attached hydrogens (primary N) is 1. The molecule has 1 aliphatic rings. The quantitative estimate of drug-likeness (QED) is 0.740. The smallest absolute Gasteiger partial charge is 0.322 e. The molecule has 0 spiro atoms. The van der Waals surface area contributed by atoms with E-state index in [1.165, 1.54) is 12.8 Å². The maximum absolute atomic E-state index is 11.4. The normalized spacial score (nSPS) is 27.8. The average Bonchev–Trinajstić information content (AvgIpc) is 2.30. The van der Waals surface area contributed by atoms with Crippen molar-refractivity contribution in [3.05, 3.63) is 0 Å². The number of hydrogen-bond donors (Lipinski definition) is 1. The Bertz CT molecular complexity index is 246. The fraction of sp³-hybridized carbons (Fsp3) is 0.923. The molecular formula is C13H26N2O2. The molecule has 100 valence electrons. The predicted molar refractivity (Wildman–Crippen MR) is 68.7 cm³/mol. The molecule has 0 aliphatic carbocycles. The van der Waals surface area contributed by atoms with Crippen molar-refractivity contribution in [1.29, 1.82) is 0 Å². The lowest BCUT2D eigenvalue weighted by Gasteiger charge is -2.37. The number of carbonyl (C=O) groups is 1. The first-order chi connectivity index (χ1) is 8.04. The monoisotopic (exact) mass is 242 g/mol. The second-order valence-electron chi connectivity index (χ2n) is 5.17. The molecule has 2 N–H and O–H groups in total. The van der Waals surface area contributed by atoms with Crippen molar-refractivity contribution in [2.24, 2.45) is 11.7 Å². The van der Waals surface area contributed by atoms with E-state index in [-0.39, 0.29) is 5.97 Å². The van der Waals surface area contributed by atoms with Crippen molar-refractivity contribution >= 4 is 5.97 Å². The zero-order chi connectivity index (χ0) is 12.8. The third-order valence-electron chi connectivity index (χ3n) is 3.56. The van der Waals surface area contributed by atoms with Crippen LogP contribution >= 0.6 is 0 Å². The van der Waals surface area contributed by atoms with Crippen LogP contribution < -0.4 is 5.73 Å². The van der Waals surface area contributed by atoms with Crippen LogP contribution in [0.2, 0.25) is 0 Å². The van der Waals surface area contributed by atoms with Crippen molar-refractivity contribution in [3.63, 3.8) is 0 Å². The fourth-order valence-electron chi connectivity index (χ4n) is 2.36. The molecule has 0 aromatic heterocycles. The molecule has 0 aromatic rings. The van der Waals surface area contributed by atoms with Gasteiger partial charge in [-0.05, 0) is 39.0 Å². The third-order valence-corrected chi connectivity index (χ3v) is 3.56. The number of rotatable bonds is 5. The van der Waals surface area contributed by atoms with Gasteiger partial charge in [0.25, 0.3) is 0 Å². The van der Waals surface area contributed by atoms with E-state index in [1.54, 1.807) is 6.92 Å². The lowest BCUT2D eigenvalue weighted by Crippen LogP contribution is -2.44. The first-order valence-corrected chi connectivity index (χ1v) is 6.70. The molecule has 0 radical (unpaired) electrons. The lowest BCUT2D eigenvalue weighted by molar-refractivity contribution is -0.145. The number of nitrogens with zero attached hydrogens (tertiary/aromatic N) is 1. The number of piperidine rings is 1. The van der Waals surface area contributed by atoms with E-state index >= 15 is 0 Å². The minimum Gasteiger partial charge on any atom is -0.465 e. The fourth-order valence-corrected chi connectivity index (χ4v) is 2.36. The molecule has 3 atom stereocenters. The molecule has 0 bridgehead atoms. The Morgan fingerprint density at radius 3 is 2.82 bits per heavy atom. The predicted octanol–water partition coefficient (Wildman–Crippen LogP) is 1.39. The van der Waals surface area contributed by atoms with Crippen molar-refractivity contribution in [1.82, 2.24) is 4.90 Å². The molecular weight excluding hydrogens is 216 g/mol. The van der Waals surface area contributed by atoms with Crippen molar-refractivity contribution in [2.45, 2.75) is 52.1 Å². The summed E-state index contributed by atoms with van der Waals surface area (Å²) in [6, 6.07) is 0.139. The highest BCUT2D eigenvalue weighted by molar-refractivity contribution is 5.75. The summed E-state index contributed by atoms with van der Waals surface area (Å²) in [5, 5.41) is 0. The van der Waals surface area contributed by atoms with Crippen LogP contribution in [-0.4, -0.2) is 42.6 Å². The summed E-state index contributed by atoms with van der Waals surface area (Å²) in [6.07, 6.45) is 3.24. The first-order valence-electron chi connectivity index (χ1n) is 6.70. The van der Waals surface area contributed by atoms with Gasteiger partial charge in [0, 0.05) is 19.1 Å². The molecule has 1 heterocycles. The van der Waals surface area contributed by atoms with Gasteiger partial charge in [0.15, 0.2) is 0 Å². The number of ether oxygens (including phenoxy) is 1. The van der Waals surface area contributed by atoms with Gasteiger partial charge in [-0.15, -0.1) is 0 Å². The molecule has 1 saturated heterocycles. The number of likely N-dealkylation sites (tertiary alicyclic amines) is 1. The van der Waals surface area contributed by atoms with E-state index in [1.807, 2.05) is 0 Å². The van der Waals surface area contributed by atoms with Gasteiger partial charge in [-0.1, -0.05) is 6.92 Å². The Balaban J connectivity index is 2.31. The van der Waals surface area contributed by atoms with Crippen LogP contribution in [0.4, 0.5) is 0 Å². The molecule has 1 rings (SSSR count). The lowest BCUT2D eigenvalue weighted by atomic mass is 9.95. The summed E-state index contributed by atoms with van der Waals surface area (Å²) >= 11 is 0. The van der Waals surface area contributed by atoms with Gasteiger partial charge in [-0.2, -0.15) is 0 Å². The SMILES string of the molecule is CCOC(=O)C(N)CCN1CC(C)CCC1C. The zero-order valence-electron chi connectivity index (χ0n) is 11.3. The highest BCUT2D eigenvalue weighted by atomic mass is 16.5. The van der Waals surface area contributed by atoms with Crippen LogP contribution in [0.5, 0.6) is 0 Å². The summed E-state index contributed by atoms with van der Waals surface area (Å²) in [5.74, 6) is 0.482. The zero-order valence-corrected chi connectivity index (χ0v) is 11.3. The Morgan fingerprint density at radius 2 is 2.18 bits per heavy atom. The van der Waals surface area contributed by atoms with E-state index in [9.17, 15) is 4.79 Å². The summed E-state index contributed by atoms with van der Waals surface area (Å²) < 4.78 is 4.91. The number of hydrogen-bond acceptors (Lipinski definition) is 4. The minimum absolute atomic E-state index is 0.273. The summed E-state index contributed by atoms with van der Waals surface area (Å²) in [7, 11) is 0. The Morgan fingerprint density at radius 1 is 1.47 bits per heavy atom. The summed E-state index contributed by atoms with van der Waals surface area (Å²) in [5.41, 5.74) is 5.80. The molecule has 0 saturated carbocycles. The summed E-state index contributed by atoms with van der Waals surface area (Å²) in [6.45, 7) is 8.76. The Hall–Kier alpha value is -0.610. The largest absolute Gasteiger partial charge is 0.465 e. The van der Waals surface area contributed by atoms with Crippen LogP contribution in [0.25, 0.3) is 0 Å². The van der Waals surface area contributed by atoms with Gasteiger partial charge in [0.2, 0.25) is 0 Å². The Kier molecular flexibility index (Phi) is 5.92. The van der Waals surface area contributed by atoms with Crippen molar-refractivity contribution in [2.75, 3.05) is 19.7 Å². The molecule has 3 unspecified atom stereocenters. The van der Waals surface area contributed by atoms with Crippen LogP contribution in [0.3, 0.4) is 0 Å². The maximum atomic E-state index is 11.4. The van der Waals surface area contributed by atoms with Crippen LogP contribution in [0, 0.1) is 5.92 Å². The highest BCUT2D eigenvalue weighted by Gasteiger charge is 2.24. The second kappa shape index (κ2) is 6.97. The first kappa shape index (κ1) is 14.5. The van der Waals surface area contributed by atoms with Gasteiger partial charge < -0.3 is 15.4 Å². The van der Waals surface area contributed by atoms with E-state index in [2.05, 4.69) is 18.7 Å². The number of esters is 1. The number of carbonyl (C=O) groups excluding carboxylic acids is 1. The topological polar surface area (TPSA) is 55.6 Å². The Labute approximate surface area is 104 Å². The third kappa shape index (κ3) is 4.64. The van der Waals surface area contributed by atoms with E-state index in [0.717, 1.165) is 19.0 Å². The second-order valence-corrected chi connectivity index (χ2v) is 5.17. The van der Waals surface area contributed by atoms with Crippen LogP contribution in [0.1, 0.15) is 40.0 Å². The van der Waals surface area contributed by atoms with E-state index in [0.29, 0.717) is 19.1 Å². The standard InChI is InChI=1S/C13H26N2O2/c1-4-17-13(16)12(14)7-8-15-9-10(2)5-6-11(15)3/h10-12H,4-9,14H2,1-3H3. The van der Waals surface area contributed by atoms with Gasteiger partial charge in [-0.25, -0.2) is 0 Å². The van der Waals surface area contributed by atoms with Crippen LogP contribution in [0.15, 0.2) is 0 Å².